The van der Waals surface area contributed by atoms with E-state index >= 15 is 0 Å². The maximum Gasteiger partial charge on any atom is 0.272 e. The highest BCUT2D eigenvalue weighted by molar-refractivity contribution is 6.05. The van der Waals surface area contributed by atoms with Gasteiger partial charge >= 0.3 is 0 Å². The van der Waals surface area contributed by atoms with Crippen LogP contribution in [0.1, 0.15) is 27.2 Å². The van der Waals surface area contributed by atoms with Crippen LogP contribution < -0.4 is 5.32 Å². The number of aromatic nitrogens is 3. The Bertz CT molecular complexity index is 1400. The van der Waals surface area contributed by atoms with Crippen molar-refractivity contribution >= 4 is 22.7 Å². The Labute approximate surface area is 183 Å². The number of carbonyl (C=O) groups excluding carboxylic acids is 1. The minimum Gasteiger partial charge on any atom is -0.463 e. The first-order valence-electron chi connectivity index (χ1n) is 10.3. The summed E-state index contributed by atoms with van der Waals surface area (Å²) in [4.78, 5) is 13.1. The van der Waals surface area contributed by atoms with Crippen LogP contribution in [0.15, 0.2) is 83.7 Å². The van der Waals surface area contributed by atoms with Crippen molar-refractivity contribution < 1.29 is 13.6 Å². The maximum atomic E-state index is 13.1. The average Bonchev–Trinajstić information content (AvgIpc) is 3.49. The smallest absolute Gasteiger partial charge is 0.272 e. The van der Waals surface area contributed by atoms with Gasteiger partial charge in [0.2, 0.25) is 0 Å². The molecule has 0 saturated carbocycles. The summed E-state index contributed by atoms with van der Waals surface area (Å²) >= 11 is 0. The lowest BCUT2D eigenvalue weighted by Crippen LogP contribution is -2.17. The van der Waals surface area contributed by atoms with Gasteiger partial charge in [0.15, 0.2) is 5.58 Å². The van der Waals surface area contributed by atoms with Crippen molar-refractivity contribution in [2.45, 2.75) is 20.0 Å². The Morgan fingerprint density at radius 2 is 1.91 bits per heavy atom. The molecule has 2 aromatic carbocycles. The van der Waals surface area contributed by atoms with Crippen LogP contribution in [-0.2, 0) is 13.1 Å². The van der Waals surface area contributed by atoms with Crippen molar-refractivity contribution in [1.29, 1.82) is 0 Å². The van der Waals surface area contributed by atoms with E-state index in [4.69, 9.17) is 4.42 Å². The normalized spacial score (nSPS) is 11.2. The van der Waals surface area contributed by atoms with Gasteiger partial charge < -0.3 is 14.3 Å². The van der Waals surface area contributed by atoms with Gasteiger partial charge in [0.05, 0.1) is 30.2 Å². The quantitative estimate of drug-likeness (QED) is 0.403. The van der Waals surface area contributed by atoms with Gasteiger partial charge in [-0.25, -0.2) is 4.39 Å². The molecule has 32 heavy (non-hydrogen) atoms. The monoisotopic (exact) mass is 428 g/mol. The third kappa shape index (κ3) is 3.92. The van der Waals surface area contributed by atoms with Crippen molar-refractivity contribution in [2.75, 3.05) is 5.32 Å². The predicted octanol–water partition coefficient (Wildman–Crippen LogP) is 5.23. The zero-order valence-corrected chi connectivity index (χ0v) is 17.5. The molecule has 0 saturated heterocycles. The number of amides is 1. The minimum absolute atomic E-state index is 0.244. The molecular weight excluding hydrogens is 407 g/mol. The molecule has 1 amide bonds. The molecule has 0 aliphatic heterocycles. The SMILES string of the molecule is Cc1ccccc1Cn1c(C(=O)Nc2cnn(Cc3ccc(F)cc3)c2)cc2occc21. The fourth-order valence-electron chi connectivity index (χ4n) is 3.78. The van der Waals surface area contributed by atoms with Crippen LogP contribution in [0.2, 0.25) is 0 Å². The van der Waals surface area contributed by atoms with E-state index in [9.17, 15) is 9.18 Å². The van der Waals surface area contributed by atoms with E-state index in [1.807, 2.05) is 22.8 Å². The lowest BCUT2D eigenvalue weighted by molar-refractivity contribution is 0.101. The highest BCUT2D eigenvalue weighted by Crippen LogP contribution is 2.24. The molecule has 0 aliphatic carbocycles. The number of fused-ring (bicyclic) bond motifs is 1. The number of hydrogen-bond donors (Lipinski definition) is 1. The number of nitrogens with one attached hydrogen (secondary N) is 1. The zero-order chi connectivity index (χ0) is 22.1. The summed E-state index contributed by atoms with van der Waals surface area (Å²) in [5.41, 5.74) is 5.82. The van der Waals surface area contributed by atoms with Crippen molar-refractivity contribution in [1.82, 2.24) is 14.3 Å². The summed E-state index contributed by atoms with van der Waals surface area (Å²) in [6.07, 6.45) is 4.97. The number of aryl methyl sites for hydroxylation is 1. The molecule has 0 aliphatic rings. The van der Waals surface area contributed by atoms with E-state index in [-0.39, 0.29) is 11.7 Å². The van der Waals surface area contributed by atoms with Gasteiger partial charge in [-0.1, -0.05) is 36.4 Å². The first-order chi connectivity index (χ1) is 15.6. The van der Waals surface area contributed by atoms with Gasteiger partial charge in [0, 0.05) is 24.9 Å². The Hall–Kier alpha value is -4.13. The van der Waals surface area contributed by atoms with E-state index < -0.39 is 0 Å². The summed E-state index contributed by atoms with van der Waals surface area (Å²) in [6, 6.07) is 18.0. The predicted molar refractivity (Wildman–Crippen MR) is 120 cm³/mol. The number of anilines is 1. The number of benzene rings is 2. The highest BCUT2D eigenvalue weighted by atomic mass is 19.1. The first-order valence-corrected chi connectivity index (χ1v) is 10.3. The fourth-order valence-corrected chi connectivity index (χ4v) is 3.78. The second kappa shape index (κ2) is 8.19. The summed E-state index contributed by atoms with van der Waals surface area (Å²) in [5.74, 6) is -0.520. The fraction of sp³-hybridized carbons (Fsp3) is 0.120. The molecule has 3 heterocycles. The molecule has 0 radical (unpaired) electrons. The van der Waals surface area contributed by atoms with E-state index in [1.165, 1.54) is 12.1 Å². The summed E-state index contributed by atoms with van der Waals surface area (Å²) in [7, 11) is 0. The van der Waals surface area contributed by atoms with E-state index in [1.54, 1.807) is 41.5 Å². The lowest BCUT2D eigenvalue weighted by Gasteiger charge is -2.12. The van der Waals surface area contributed by atoms with Crippen molar-refractivity contribution in [3.8, 4) is 0 Å². The molecule has 160 valence electrons. The number of hydrogen-bond acceptors (Lipinski definition) is 3. The average molecular weight is 428 g/mol. The van der Waals surface area contributed by atoms with Gasteiger partial charge in [-0.2, -0.15) is 5.10 Å². The third-order valence-corrected chi connectivity index (χ3v) is 5.49. The molecular formula is C25H21FN4O2. The van der Waals surface area contributed by atoms with Gasteiger partial charge in [0.1, 0.15) is 11.5 Å². The molecule has 7 heteroatoms. The number of furan rings is 1. The molecule has 0 bridgehead atoms. The molecule has 6 nitrogen and oxygen atoms in total. The standard InChI is InChI=1S/C25H21FN4O2/c1-17-4-2-3-5-19(17)15-30-22-10-11-32-24(22)12-23(30)25(31)28-21-13-27-29(16-21)14-18-6-8-20(26)9-7-18/h2-13,16H,14-15H2,1H3,(H,28,31). The van der Waals surface area contributed by atoms with Gasteiger partial charge in [-0.3, -0.25) is 9.48 Å². The van der Waals surface area contributed by atoms with Crippen LogP contribution in [0.4, 0.5) is 10.1 Å². The van der Waals surface area contributed by atoms with Crippen LogP contribution in [0.25, 0.3) is 11.1 Å². The van der Waals surface area contributed by atoms with Gasteiger partial charge in [-0.15, -0.1) is 0 Å². The van der Waals surface area contributed by atoms with Crippen LogP contribution in [0, 0.1) is 12.7 Å². The molecule has 0 atom stereocenters. The van der Waals surface area contributed by atoms with Crippen LogP contribution in [0.3, 0.4) is 0 Å². The summed E-state index contributed by atoms with van der Waals surface area (Å²) < 4.78 is 22.3. The van der Waals surface area contributed by atoms with Crippen LogP contribution in [-0.4, -0.2) is 20.3 Å². The second-order valence-electron chi connectivity index (χ2n) is 7.72. The number of halogens is 1. The number of rotatable bonds is 6. The zero-order valence-electron chi connectivity index (χ0n) is 17.5. The third-order valence-electron chi connectivity index (χ3n) is 5.49. The largest absolute Gasteiger partial charge is 0.463 e. The molecule has 0 fully saturated rings. The molecule has 5 rings (SSSR count). The van der Waals surface area contributed by atoms with Crippen LogP contribution >= 0.6 is 0 Å². The summed E-state index contributed by atoms with van der Waals surface area (Å²) in [5, 5.41) is 7.22. The highest BCUT2D eigenvalue weighted by Gasteiger charge is 2.19. The Balaban J connectivity index is 1.37. The Kier molecular flexibility index (Phi) is 5.07. The maximum absolute atomic E-state index is 13.1. The second-order valence-corrected chi connectivity index (χ2v) is 7.72. The number of nitrogens with zero attached hydrogens (tertiary/aromatic N) is 3. The van der Waals surface area contributed by atoms with Gasteiger partial charge in [-0.05, 0) is 35.7 Å². The molecule has 5 aromatic rings. The summed E-state index contributed by atoms with van der Waals surface area (Å²) in [6.45, 7) is 3.09. The van der Waals surface area contributed by atoms with Crippen molar-refractivity contribution in [3.63, 3.8) is 0 Å². The Morgan fingerprint density at radius 3 is 2.72 bits per heavy atom. The Morgan fingerprint density at radius 1 is 1.09 bits per heavy atom. The van der Waals surface area contributed by atoms with Crippen molar-refractivity contribution in [2.24, 2.45) is 0 Å². The molecule has 1 N–H and O–H groups in total. The molecule has 3 aromatic heterocycles. The van der Waals surface area contributed by atoms with Crippen LogP contribution in [0.5, 0.6) is 0 Å². The molecule has 0 spiro atoms. The topological polar surface area (TPSA) is 65.0 Å². The van der Waals surface area contributed by atoms with E-state index in [0.717, 1.165) is 22.2 Å². The van der Waals surface area contributed by atoms with Gasteiger partial charge in [0.25, 0.3) is 5.91 Å². The van der Waals surface area contributed by atoms with Crippen molar-refractivity contribution in [3.05, 3.63) is 108 Å². The first kappa shape index (κ1) is 19.8. The number of carbonyl (C=O) groups is 1. The van der Waals surface area contributed by atoms with E-state index in [0.29, 0.717) is 30.1 Å². The van der Waals surface area contributed by atoms with E-state index in [2.05, 4.69) is 29.5 Å². The minimum atomic E-state index is -0.276. The lowest BCUT2D eigenvalue weighted by atomic mass is 10.1. The molecule has 0 unspecified atom stereocenters.